The molecular formula is C16H15N3O4. The van der Waals surface area contributed by atoms with Gasteiger partial charge in [-0.25, -0.2) is 4.63 Å². The zero-order valence-electron chi connectivity index (χ0n) is 12.7. The molecule has 7 nitrogen and oxygen atoms in total. The molecule has 118 valence electrons. The molecule has 0 aliphatic carbocycles. The van der Waals surface area contributed by atoms with E-state index in [1.165, 1.54) is 7.11 Å². The highest BCUT2D eigenvalue weighted by atomic mass is 16.6. The van der Waals surface area contributed by atoms with Gasteiger partial charge >= 0.3 is 0 Å². The molecule has 0 spiro atoms. The second-order valence-electron chi connectivity index (χ2n) is 4.92. The number of hydrogen-bond acceptors (Lipinski definition) is 7. The SMILES string of the molecule is COc1cc(/C(C)=N/OCc2ccc3nonc3c2)ccc1O. The summed E-state index contributed by atoms with van der Waals surface area (Å²) in [5.41, 5.74) is 3.76. The van der Waals surface area contributed by atoms with Crippen LogP contribution in [0.15, 0.2) is 46.2 Å². The van der Waals surface area contributed by atoms with Gasteiger partial charge in [0.05, 0.1) is 12.8 Å². The predicted octanol–water partition coefficient (Wildman–Crippen LogP) is 2.88. The Kier molecular flexibility index (Phi) is 4.09. The van der Waals surface area contributed by atoms with Crippen molar-refractivity contribution >= 4 is 16.7 Å². The lowest BCUT2D eigenvalue weighted by molar-refractivity contribution is 0.130. The molecule has 0 radical (unpaired) electrons. The van der Waals surface area contributed by atoms with E-state index < -0.39 is 0 Å². The first-order chi connectivity index (χ1) is 11.2. The van der Waals surface area contributed by atoms with E-state index in [4.69, 9.17) is 9.57 Å². The maximum Gasteiger partial charge on any atom is 0.161 e. The van der Waals surface area contributed by atoms with E-state index in [0.717, 1.165) is 11.1 Å². The van der Waals surface area contributed by atoms with Crippen molar-refractivity contribution in [1.29, 1.82) is 0 Å². The number of fused-ring (bicyclic) bond motifs is 1. The molecule has 0 aliphatic rings. The Morgan fingerprint density at radius 1 is 1.17 bits per heavy atom. The lowest BCUT2D eigenvalue weighted by Crippen LogP contribution is -1.98. The fourth-order valence-electron chi connectivity index (χ4n) is 2.08. The summed E-state index contributed by atoms with van der Waals surface area (Å²) in [7, 11) is 1.50. The minimum absolute atomic E-state index is 0.0829. The fraction of sp³-hybridized carbons (Fsp3) is 0.188. The van der Waals surface area contributed by atoms with Gasteiger partial charge in [0.2, 0.25) is 0 Å². The van der Waals surface area contributed by atoms with E-state index >= 15 is 0 Å². The molecule has 0 unspecified atom stereocenters. The largest absolute Gasteiger partial charge is 0.504 e. The maximum absolute atomic E-state index is 9.60. The zero-order valence-corrected chi connectivity index (χ0v) is 12.7. The van der Waals surface area contributed by atoms with Crippen LogP contribution in [0, 0.1) is 0 Å². The molecule has 0 saturated heterocycles. The molecule has 0 saturated carbocycles. The van der Waals surface area contributed by atoms with Crippen LogP contribution in [0.1, 0.15) is 18.1 Å². The number of oxime groups is 1. The van der Waals surface area contributed by atoms with E-state index in [0.29, 0.717) is 29.1 Å². The second-order valence-corrected chi connectivity index (χ2v) is 4.92. The third kappa shape index (κ3) is 3.23. The van der Waals surface area contributed by atoms with Gasteiger partial charge in [-0.05, 0) is 53.1 Å². The lowest BCUT2D eigenvalue weighted by Gasteiger charge is -2.06. The van der Waals surface area contributed by atoms with Crippen LogP contribution in [0.3, 0.4) is 0 Å². The molecular weight excluding hydrogens is 298 g/mol. The van der Waals surface area contributed by atoms with Crippen molar-refractivity contribution < 1.29 is 19.3 Å². The maximum atomic E-state index is 9.60. The van der Waals surface area contributed by atoms with Gasteiger partial charge in [0.25, 0.3) is 0 Å². The summed E-state index contributed by atoms with van der Waals surface area (Å²) in [6, 6.07) is 10.5. The normalized spacial score (nSPS) is 11.7. The van der Waals surface area contributed by atoms with Gasteiger partial charge in [0, 0.05) is 5.56 Å². The van der Waals surface area contributed by atoms with Crippen molar-refractivity contribution in [2.75, 3.05) is 7.11 Å². The Morgan fingerprint density at radius 3 is 2.83 bits per heavy atom. The van der Waals surface area contributed by atoms with Crippen LogP contribution in [-0.2, 0) is 11.4 Å². The van der Waals surface area contributed by atoms with E-state index in [9.17, 15) is 5.11 Å². The van der Waals surface area contributed by atoms with Crippen LogP contribution in [0.2, 0.25) is 0 Å². The number of aromatic hydroxyl groups is 1. The number of nitrogens with zero attached hydrogens (tertiary/aromatic N) is 3. The minimum Gasteiger partial charge on any atom is -0.504 e. The monoisotopic (exact) mass is 313 g/mol. The Hall–Kier alpha value is -3.09. The summed E-state index contributed by atoms with van der Waals surface area (Å²) in [5.74, 6) is 0.473. The van der Waals surface area contributed by atoms with Crippen LogP contribution >= 0.6 is 0 Å². The summed E-state index contributed by atoms with van der Waals surface area (Å²) in [6.45, 7) is 2.12. The van der Waals surface area contributed by atoms with Gasteiger partial charge in [-0.1, -0.05) is 11.2 Å². The Bertz CT molecular complexity index is 857. The minimum atomic E-state index is 0.0829. The van der Waals surface area contributed by atoms with Gasteiger partial charge in [-0.2, -0.15) is 0 Å². The number of phenolic OH excluding ortho intramolecular Hbond substituents is 1. The quantitative estimate of drug-likeness (QED) is 0.575. The smallest absolute Gasteiger partial charge is 0.161 e. The van der Waals surface area contributed by atoms with Crippen LogP contribution in [0.4, 0.5) is 0 Å². The van der Waals surface area contributed by atoms with Crippen LogP contribution in [0.25, 0.3) is 11.0 Å². The standard InChI is InChI=1S/C16H15N3O4/c1-10(12-4-6-15(20)16(8-12)21-2)17-22-9-11-3-5-13-14(7-11)19-23-18-13/h3-8,20H,9H2,1-2H3/b17-10+. The lowest BCUT2D eigenvalue weighted by atomic mass is 10.1. The molecule has 7 heteroatoms. The first kappa shape index (κ1) is 14.8. The fourth-order valence-corrected chi connectivity index (χ4v) is 2.08. The number of ether oxygens (including phenoxy) is 1. The Morgan fingerprint density at radius 2 is 2.00 bits per heavy atom. The molecule has 2 aromatic carbocycles. The van der Waals surface area contributed by atoms with E-state index in [1.807, 2.05) is 25.1 Å². The molecule has 1 aromatic heterocycles. The van der Waals surface area contributed by atoms with Crippen LogP contribution in [0.5, 0.6) is 11.5 Å². The summed E-state index contributed by atoms with van der Waals surface area (Å²) in [4.78, 5) is 5.37. The van der Waals surface area contributed by atoms with Gasteiger partial charge in [0.1, 0.15) is 17.6 Å². The van der Waals surface area contributed by atoms with E-state index in [-0.39, 0.29) is 5.75 Å². The predicted molar refractivity (Wildman–Crippen MR) is 83.5 cm³/mol. The van der Waals surface area contributed by atoms with E-state index in [1.54, 1.807) is 18.2 Å². The molecule has 23 heavy (non-hydrogen) atoms. The molecule has 0 atom stereocenters. The van der Waals surface area contributed by atoms with Crippen molar-refractivity contribution in [2.45, 2.75) is 13.5 Å². The number of rotatable bonds is 5. The number of aromatic nitrogens is 2. The van der Waals surface area contributed by atoms with Crippen molar-refractivity contribution in [3.63, 3.8) is 0 Å². The number of hydrogen-bond donors (Lipinski definition) is 1. The van der Waals surface area contributed by atoms with E-state index in [2.05, 4.69) is 20.1 Å². The molecule has 0 bridgehead atoms. The summed E-state index contributed by atoms with van der Waals surface area (Å²) in [6.07, 6.45) is 0. The zero-order chi connectivity index (χ0) is 16.2. The van der Waals surface area contributed by atoms with Crippen LogP contribution < -0.4 is 4.74 Å². The second kappa shape index (κ2) is 6.35. The highest BCUT2D eigenvalue weighted by molar-refractivity contribution is 5.98. The average molecular weight is 313 g/mol. The molecule has 0 fully saturated rings. The third-order valence-corrected chi connectivity index (χ3v) is 3.35. The van der Waals surface area contributed by atoms with Crippen molar-refractivity contribution in [2.24, 2.45) is 5.16 Å². The number of phenols is 1. The highest BCUT2D eigenvalue weighted by Crippen LogP contribution is 2.26. The average Bonchev–Trinajstić information content (AvgIpc) is 3.03. The molecule has 0 amide bonds. The molecule has 3 rings (SSSR count). The van der Waals surface area contributed by atoms with Crippen molar-refractivity contribution in [3.8, 4) is 11.5 Å². The molecule has 3 aromatic rings. The highest BCUT2D eigenvalue weighted by Gasteiger charge is 2.06. The number of benzene rings is 2. The first-order valence-electron chi connectivity index (χ1n) is 6.92. The Labute approximate surface area is 132 Å². The summed E-state index contributed by atoms with van der Waals surface area (Å²) < 4.78 is 9.73. The third-order valence-electron chi connectivity index (χ3n) is 3.35. The summed E-state index contributed by atoms with van der Waals surface area (Å²) in [5, 5.41) is 21.2. The molecule has 1 N–H and O–H groups in total. The van der Waals surface area contributed by atoms with Crippen molar-refractivity contribution in [3.05, 3.63) is 47.5 Å². The van der Waals surface area contributed by atoms with Gasteiger partial charge in [-0.3, -0.25) is 0 Å². The summed E-state index contributed by atoms with van der Waals surface area (Å²) >= 11 is 0. The van der Waals surface area contributed by atoms with Gasteiger partial charge in [0.15, 0.2) is 11.5 Å². The van der Waals surface area contributed by atoms with Gasteiger partial charge in [-0.15, -0.1) is 0 Å². The number of methoxy groups -OCH3 is 1. The van der Waals surface area contributed by atoms with Gasteiger partial charge < -0.3 is 14.7 Å². The molecule has 1 heterocycles. The topological polar surface area (TPSA) is 90.0 Å². The van der Waals surface area contributed by atoms with Crippen LogP contribution in [-0.4, -0.2) is 28.2 Å². The first-order valence-corrected chi connectivity index (χ1v) is 6.92. The molecule has 0 aliphatic heterocycles. The van der Waals surface area contributed by atoms with Crippen molar-refractivity contribution in [1.82, 2.24) is 10.3 Å². The Balaban J connectivity index is 1.69.